The number of aliphatic hydroxyl groups excluding tert-OH is 1. The molecule has 56 valence electrons. The normalized spacial score (nSPS) is 9.18. The Hall–Kier alpha value is -0.920. The Morgan fingerprint density at radius 3 is 2.91 bits per heavy atom. The van der Waals surface area contributed by atoms with Gasteiger partial charge in [-0.1, -0.05) is 0 Å². The molecule has 0 fully saturated rings. The van der Waals surface area contributed by atoms with Gasteiger partial charge in [-0.25, -0.2) is 4.98 Å². The number of hydrogen-bond donors (Lipinski definition) is 1. The first kappa shape index (κ1) is 8.18. The minimum Gasteiger partial charge on any atom is -0.390 e. The van der Waals surface area contributed by atoms with Crippen LogP contribution in [0, 0.1) is 11.3 Å². The molecule has 11 heavy (non-hydrogen) atoms. The van der Waals surface area contributed by atoms with E-state index < -0.39 is 0 Å². The lowest BCUT2D eigenvalue weighted by Gasteiger charge is -1.96. The highest BCUT2D eigenvalue weighted by molar-refractivity contribution is 9.10. The molecule has 3 nitrogen and oxygen atoms in total. The van der Waals surface area contributed by atoms with Crippen LogP contribution in [0.25, 0.3) is 0 Å². The summed E-state index contributed by atoms with van der Waals surface area (Å²) in [5, 5.41) is 17.2. The Morgan fingerprint density at radius 1 is 1.64 bits per heavy atom. The van der Waals surface area contributed by atoms with Gasteiger partial charge in [0.15, 0.2) is 5.69 Å². The molecule has 0 unspecified atom stereocenters. The van der Waals surface area contributed by atoms with E-state index in [0.717, 1.165) is 0 Å². The zero-order valence-corrected chi connectivity index (χ0v) is 7.17. The van der Waals surface area contributed by atoms with Gasteiger partial charge in [0, 0.05) is 0 Å². The summed E-state index contributed by atoms with van der Waals surface area (Å²) in [6.45, 7) is -0.137. The van der Waals surface area contributed by atoms with Crippen molar-refractivity contribution >= 4 is 15.9 Å². The van der Waals surface area contributed by atoms with Crippen molar-refractivity contribution in [1.82, 2.24) is 4.98 Å². The number of halogens is 1. The Kier molecular flexibility index (Phi) is 2.58. The number of nitrogens with zero attached hydrogens (tertiary/aromatic N) is 2. The smallest absolute Gasteiger partial charge is 0.155 e. The van der Waals surface area contributed by atoms with Crippen LogP contribution in [-0.2, 0) is 6.61 Å². The first-order chi connectivity index (χ1) is 5.27. The number of aliphatic hydroxyl groups is 1. The largest absolute Gasteiger partial charge is 0.390 e. The molecule has 1 N–H and O–H groups in total. The van der Waals surface area contributed by atoms with Crippen LogP contribution in [0.5, 0.6) is 0 Å². The fraction of sp³-hybridized carbons (Fsp3) is 0.143. The van der Waals surface area contributed by atoms with Gasteiger partial charge in [0.1, 0.15) is 6.07 Å². The van der Waals surface area contributed by atoms with E-state index >= 15 is 0 Å². The standard InChI is InChI=1S/C7H5BrN2O/c8-6-2-1-5(4-11)10-7(6)3-9/h1-2,11H,4H2. The van der Waals surface area contributed by atoms with Gasteiger partial charge in [0.2, 0.25) is 0 Å². The number of pyridine rings is 1. The Labute approximate surface area is 72.4 Å². The highest BCUT2D eigenvalue weighted by Crippen LogP contribution is 2.13. The number of aromatic nitrogens is 1. The quantitative estimate of drug-likeness (QED) is 0.762. The molecule has 1 aromatic heterocycles. The molecule has 1 heterocycles. The molecule has 4 heteroatoms. The van der Waals surface area contributed by atoms with Crippen LogP contribution in [0.15, 0.2) is 16.6 Å². The van der Waals surface area contributed by atoms with E-state index in [9.17, 15) is 0 Å². The van der Waals surface area contributed by atoms with Gasteiger partial charge >= 0.3 is 0 Å². The van der Waals surface area contributed by atoms with E-state index in [1.54, 1.807) is 12.1 Å². The summed E-state index contributed by atoms with van der Waals surface area (Å²) in [5.41, 5.74) is 0.807. The van der Waals surface area contributed by atoms with Crippen LogP contribution >= 0.6 is 15.9 Å². The lowest BCUT2D eigenvalue weighted by atomic mass is 10.3. The second kappa shape index (κ2) is 3.46. The monoisotopic (exact) mass is 212 g/mol. The predicted octanol–water partition coefficient (Wildman–Crippen LogP) is 1.21. The molecule has 0 aliphatic heterocycles. The average Bonchev–Trinajstić information content (AvgIpc) is 2.05. The fourth-order valence-electron chi connectivity index (χ4n) is 0.649. The zero-order valence-electron chi connectivity index (χ0n) is 5.58. The van der Waals surface area contributed by atoms with E-state index in [2.05, 4.69) is 20.9 Å². The van der Waals surface area contributed by atoms with Crippen molar-refractivity contribution in [1.29, 1.82) is 5.26 Å². The molecule has 1 rings (SSSR count). The van der Waals surface area contributed by atoms with Crippen molar-refractivity contribution in [3.8, 4) is 6.07 Å². The molecule has 0 saturated heterocycles. The van der Waals surface area contributed by atoms with E-state index in [4.69, 9.17) is 10.4 Å². The van der Waals surface area contributed by atoms with Crippen molar-refractivity contribution in [3.05, 3.63) is 28.0 Å². The summed E-state index contributed by atoms with van der Waals surface area (Å²) in [7, 11) is 0. The maximum atomic E-state index is 8.66. The minimum absolute atomic E-state index is 0.137. The van der Waals surface area contributed by atoms with Gasteiger partial charge < -0.3 is 5.11 Å². The summed E-state index contributed by atoms with van der Waals surface area (Å²) < 4.78 is 0.650. The molecule has 0 atom stereocenters. The lowest BCUT2D eigenvalue weighted by Crippen LogP contribution is -1.92. The molecule has 0 radical (unpaired) electrons. The molecular weight excluding hydrogens is 208 g/mol. The SMILES string of the molecule is N#Cc1nc(CO)ccc1Br. The second-order valence-corrected chi connectivity index (χ2v) is 2.76. The third-order valence-corrected chi connectivity index (χ3v) is 1.81. The van der Waals surface area contributed by atoms with Crippen LogP contribution in [0.4, 0.5) is 0 Å². The van der Waals surface area contributed by atoms with Crippen molar-refractivity contribution < 1.29 is 5.11 Å². The fourth-order valence-corrected chi connectivity index (χ4v) is 0.959. The summed E-state index contributed by atoms with van der Waals surface area (Å²) in [5.74, 6) is 0. The molecule has 0 bridgehead atoms. The first-order valence-corrected chi connectivity index (χ1v) is 3.73. The predicted molar refractivity (Wildman–Crippen MR) is 42.6 cm³/mol. The van der Waals surface area contributed by atoms with Crippen molar-refractivity contribution in [2.24, 2.45) is 0 Å². The van der Waals surface area contributed by atoms with Gasteiger partial charge in [-0.2, -0.15) is 5.26 Å². The Balaban J connectivity index is 3.15. The maximum absolute atomic E-state index is 8.66. The number of nitriles is 1. The highest BCUT2D eigenvalue weighted by atomic mass is 79.9. The molecule has 0 aromatic carbocycles. The van der Waals surface area contributed by atoms with Gasteiger partial charge in [0.25, 0.3) is 0 Å². The molecule has 0 spiro atoms. The summed E-state index contributed by atoms with van der Waals surface area (Å²) in [6.07, 6.45) is 0. The van der Waals surface area contributed by atoms with Crippen molar-refractivity contribution in [3.63, 3.8) is 0 Å². The average molecular weight is 213 g/mol. The molecule has 0 aliphatic carbocycles. The third kappa shape index (κ3) is 1.76. The Morgan fingerprint density at radius 2 is 2.36 bits per heavy atom. The van der Waals surface area contributed by atoms with E-state index in [-0.39, 0.29) is 6.61 Å². The van der Waals surface area contributed by atoms with E-state index in [1.807, 2.05) is 6.07 Å². The first-order valence-electron chi connectivity index (χ1n) is 2.94. The van der Waals surface area contributed by atoms with Gasteiger partial charge in [0.05, 0.1) is 16.8 Å². The molecule has 0 aliphatic rings. The number of hydrogen-bond acceptors (Lipinski definition) is 3. The highest BCUT2D eigenvalue weighted by Gasteiger charge is 2.00. The van der Waals surface area contributed by atoms with Gasteiger partial charge in [-0.05, 0) is 28.1 Å². The van der Waals surface area contributed by atoms with Gasteiger partial charge in [-0.15, -0.1) is 0 Å². The Bertz CT molecular complexity index is 306. The summed E-state index contributed by atoms with van der Waals surface area (Å²) >= 11 is 3.15. The molecule has 0 amide bonds. The topological polar surface area (TPSA) is 56.9 Å². The van der Waals surface area contributed by atoms with E-state index in [0.29, 0.717) is 15.9 Å². The van der Waals surface area contributed by atoms with Crippen molar-refractivity contribution in [2.45, 2.75) is 6.61 Å². The second-order valence-electron chi connectivity index (χ2n) is 1.90. The third-order valence-electron chi connectivity index (χ3n) is 1.17. The number of rotatable bonds is 1. The molecular formula is C7H5BrN2O. The summed E-state index contributed by atoms with van der Waals surface area (Å²) in [4.78, 5) is 3.85. The van der Waals surface area contributed by atoms with Crippen LogP contribution < -0.4 is 0 Å². The van der Waals surface area contributed by atoms with E-state index in [1.165, 1.54) is 0 Å². The minimum atomic E-state index is -0.137. The lowest BCUT2D eigenvalue weighted by molar-refractivity contribution is 0.276. The van der Waals surface area contributed by atoms with Crippen LogP contribution in [0.1, 0.15) is 11.4 Å². The molecule has 0 saturated carbocycles. The maximum Gasteiger partial charge on any atom is 0.155 e. The van der Waals surface area contributed by atoms with Crippen LogP contribution in [0.2, 0.25) is 0 Å². The van der Waals surface area contributed by atoms with Crippen LogP contribution in [0.3, 0.4) is 0 Å². The zero-order chi connectivity index (χ0) is 8.27. The van der Waals surface area contributed by atoms with Gasteiger partial charge in [-0.3, -0.25) is 0 Å². The van der Waals surface area contributed by atoms with Crippen LogP contribution in [-0.4, -0.2) is 10.1 Å². The van der Waals surface area contributed by atoms with Crippen molar-refractivity contribution in [2.75, 3.05) is 0 Å². The molecule has 1 aromatic rings. The summed E-state index contributed by atoms with van der Waals surface area (Å²) in [6, 6.07) is 5.25.